The monoisotopic (exact) mass is 236 g/mol. The van der Waals surface area contributed by atoms with Crippen molar-refractivity contribution in [3.8, 4) is 0 Å². The molecule has 0 fully saturated rings. The maximum Gasteiger partial charge on any atom is 0.0996 e. The predicted octanol–water partition coefficient (Wildman–Crippen LogP) is 2.52. The molecule has 1 aromatic rings. The summed E-state index contributed by atoms with van der Waals surface area (Å²) >= 11 is 0. The lowest BCUT2D eigenvalue weighted by molar-refractivity contribution is 0.244. The maximum absolute atomic E-state index is 4.13. The van der Waals surface area contributed by atoms with E-state index in [1.54, 1.807) is 0 Å². The number of nitrogens with one attached hydrogen (secondary N) is 1. The van der Waals surface area contributed by atoms with Crippen LogP contribution in [-0.4, -0.2) is 33.4 Å². The lowest BCUT2D eigenvalue weighted by Crippen LogP contribution is -2.31. The highest BCUT2D eigenvalue weighted by atomic mass is 15.3. The first-order valence-electron chi connectivity index (χ1n) is 7.01. The number of rotatable bonds is 7. The summed E-state index contributed by atoms with van der Waals surface area (Å²) in [5.41, 5.74) is 2.39. The molecular formula is C13H24N4. The molecule has 4 nitrogen and oxygen atoms in total. The van der Waals surface area contributed by atoms with E-state index >= 15 is 0 Å². The van der Waals surface area contributed by atoms with Crippen molar-refractivity contribution in [1.29, 1.82) is 0 Å². The fraction of sp³-hybridized carbons (Fsp3) is 0.846. The van der Waals surface area contributed by atoms with Crippen molar-refractivity contribution in [1.82, 2.24) is 20.3 Å². The second kappa shape index (κ2) is 6.74. The molecule has 0 bridgehead atoms. The van der Waals surface area contributed by atoms with Crippen molar-refractivity contribution in [2.45, 2.75) is 58.4 Å². The van der Waals surface area contributed by atoms with E-state index in [0.29, 0.717) is 0 Å². The molecule has 1 aromatic heterocycles. The molecule has 0 unspecified atom stereocenters. The first-order chi connectivity index (χ1) is 8.40. The minimum atomic E-state index is 0.987. The van der Waals surface area contributed by atoms with Gasteiger partial charge in [0.2, 0.25) is 0 Å². The van der Waals surface area contributed by atoms with Gasteiger partial charge in [-0.15, -0.1) is 5.10 Å². The van der Waals surface area contributed by atoms with E-state index in [4.69, 9.17) is 0 Å². The molecule has 2 rings (SSSR count). The van der Waals surface area contributed by atoms with E-state index in [1.807, 2.05) is 0 Å². The smallest absolute Gasteiger partial charge is 0.0996 e. The lowest BCUT2D eigenvalue weighted by Gasteiger charge is -2.25. The van der Waals surface area contributed by atoms with Gasteiger partial charge in [0, 0.05) is 19.5 Å². The average molecular weight is 236 g/mol. The molecule has 0 aromatic carbocycles. The molecule has 4 heteroatoms. The van der Waals surface area contributed by atoms with Gasteiger partial charge in [-0.05, 0) is 13.0 Å². The SMILES string of the molecule is CCCCCCCCN1CCc2[nH]nnc2C1. The van der Waals surface area contributed by atoms with E-state index in [-0.39, 0.29) is 0 Å². The van der Waals surface area contributed by atoms with Crippen molar-refractivity contribution in [3.63, 3.8) is 0 Å². The Kier molecular flexibility index (Phi) is 4.98. The molecule has 1 aliphatic rings. The zero-order chi connectivity index (χ0) is 11.9. The van der Waals surface area contributed by atoms with Crippen molar-refractivity contribution in [2.75, 3.05) is 13.1 Å². The van der Waals surface area contributed by atoms with Crippen LogP contribution in [0.4, 0.5) is 0 Å². The van der Waals surface area contributed by atoms with Gasteiger partial charge in [-0.3, -0.25) is 10.00 Å². The summed E-state index contributed by atoms with van der Waals surface area (Å²) in [6, 6.07) is 0. The summed E-state index contributed by atoms with van der Waals surface area (Å²) in [6.45, 7) is 5.63. The van der Waals surface area contributed by atoms with Gasteiger partial charge in [-0.1, -0.05) is 44.2 Å². The summed E-state index contributed by atoms with van der Waals surface area (Å²) in [4.78, 5) is 2.50. The summed E-state index contributed by atoms with van der Waals surface area (Å²) in [5, 5.41) is 11.0. The molecular weight excluding hydrogens is 212 g/mol. The van der Waals surface area contributed by atoms with Crippen LogP contribution < -0.4 is 0 Å². The zero-order valence-electron chi connectivity index (χ0n) is 10.9. The Morgan fingerprint density at radius 3 is 2.88 bits per heavy atom. The molecule has 17 heavy (non-hydrogen) atoms. The highest BCUT2D eigenvalue weighted by Crippen LogP contribution is 2.14. The van der Waals surface area contributed by atoms with E-state index in [2.05, 4.69) is 27.2 Å². The molecule has 2 heterocycles. The molecule has 96 valence electrons. The Balaban J connectivity index is 1.59. The summed E-state index contributed by atoms with van der Waals surface area (Å²) in [7, 11) is 0. The number of hydrogen-bond donors (Lipinski definition) is 1. The van der Waals surface area contributed by atoms with E-state index < -0.39 is 0 Å². The predicted molar refractivity (Wildman–Crippen MR) is 68.7 cm³/mol. The Labute approximate surface area is 104 Å². The molecule has 0 spiro atoms. The minimum absolute atomic E-state index is 0.987. The summed E-state index contributed by atoms with van der Waals surface area (Å²) in [6.07, 6.45) is 9.32. The highest BCUT2D eigenvalue weighted by Gasteiger charge is 2.18. The lowest BCUT2D eigenvalue weighted by atomic mass is 10.1. The maximum atomic E-state index is 4.13. The van der Waals surface area contributed by atoms with Gasteiger partial charge in [-0.2, -0.15) is 0 Å². The van der Waals surface area contributed by atoms with E-state index in [0.717, 1.165) is 25.2 Å². The third kappa shape index (κ3) is 3.80. The van der Waals surface area contributed by atoms with Crippen LogP contribution in [0.25, 0.3) is 0 Å². The van der Waals surface area contributed by atoms with Gasteiger partial charge in [0.05, 0.1) is 11.4 Å². The second-order valence-electron chi connectivity index (χ2n) is 5.03. The number of aromatic nitrogens is 3. The highest BCUT2D eigenvalue weighted by molar-refractivity contribution is 5.11. The molecule has 0 saturated carbocycles. The molecule has 0 saturated heterocycles. The van der Waals surface area contributed by atoms with Crippen LogP contribution in [0.5, 0.6) is 0 Å². The normalized spacial score (nSPS) is 16.1. The number of hydrogen-bond acceptors (Lipinski definition) is 3. The van der Waals surface area contributed by atoms with Crippen molar-refractivity contribution < 1.29 is 0 Å². The van der Waals surface area contributed by atoms with Crippen molar-refractivity contribution >= 4 is 0 Å². The van der Waals surface area contributed by atoms with Crippen LogP contribution in [0.3, 0.4) is 0 Å². The molecule has 1 N–H and O–H groups in total. The van der Waals surface area contributed by atoms with Gasteiger partial charge in [0.1, 0.15) is 0 Å². The topological polar surface area (TPSA) is 44.8 Å². The molecule has 0 atom stereocenters. The molecule has 0 aliphatic carbocycles. The minimum Gasteiger partial charge on any atom is -0.297 e. The first kappa shape index (κ1) is 12.6. The molecule has 0 amide bonds. The number of unbranched alkanes of at least 4 members (excludes halogenated alkanes) is 5. The Bertz CT molecular complexity index is 321. The standard InChI is InChI=1S/C13H24N4/c1-2-3-4-5-6-7-9-17-10-8-12-13(11-17)15-16-14-12/h2-11H2,1H3,(H,14,15,16). The van der Waals surface area contributed by atoms with Crippen LogP contribution in [0.1, 0.15) is 56.8 Å². The van der Waals surface area contributed by atoms with E-state index in [9.17, 15) is 0 Å². The van der Waals surface area contributed by atoms with Crippen LogP contribution >= 0.6 is 0 Å². The van der Waals surface area contributed by atoms with Gasteiger partial charge < -0.3 is 0 Å². The average Bonchev–Trinajstić information content (AvgIpc) is 2.81. The largest absolute Gasteiger partial charge is 0.297 e. The number of aromatic amines is 1. The Hall–Kier alpha value is -0.900. The van der Waals surface area contributed by atoms with Crippen LogP contribution in [0.15, 0.2) is 0 Å². The third-order valence-corrected chi connectivity index (χ3v) is 3.58. The van der Waals surface area contributed by atoms with E-state index in [1.165, 1.54) is 50.8 Å². The van der Waals surface area contributed by atoms with Gasteiger partial charge in [-0.25, -0.2) is 0 Å². The molecule has 1 aliphatic heterocycles. The summed E-state index contributed by atoms with van der Waals surface area (Å²) < 4.78 is 0. The number of nitrogens with zero attached hydrogens (tertiary/aromatic N) is 3. The summed E-state index contributed by atoms with van der Waals surface area (Å²) in [5.74, 6) is 0. The quantitative estimate of drug-likeness (QED) is 0.740. The fourth-order valence-electron chi connectivity index (χ4n) is 2.47. The van der Waals surface area contributed by atoms with Crippen LogP contribution in [-0.2, 0) is 13.0 Å². The van der Waals surface area contributed by atoms with Gasteiger partial charge in [0.25, 0.3) is 0 Å². The van der Waals surface area contributed by atoms with Crippen molar-refractivity contribution in [2.24, 2.45) is 0 Å². The number of H-pyrrole nitrogens is 1. The van der Waals surface area contributed by atoms with Crippen LogP contribution in [0.2, 0.25) is 0 Å². The van der Waals surface area contributed by atoms with Gasteiger partial charge >= 0.3 is 0 Å². The Morgan fingerprint density at radius 1 is 1.18 bits per heavy atom. The zero-order valence-corrected chi connectivity index (χ0v) is 10.9. The Morgan fingerprint density at radius 2 is 2.00 bits per heavy atom. The number of fused-ring (bicyclic) bond motifs is 1. The first-order valence-corrected chi connectivity index (χ1v) is 7.01. The fourth-order valence-corrected chi connectivity index (χ4v) is 2.47. The third-order valence-electron chi connectivity index (χ3n) is 3.58. The van der Waals surface area contributed by atoms with Crippen molar-refractivity contribution in [3.05, 3.63) is 11.4 Å². The molecule has 0 radical (unpaired) electrons. The van der Waals surface area contributed by atoms with Gasteiger partial charge in [0.15, 0.2) is 0 Å². The van der Waals surface area contributed by atoms with Crippen LogP contribution in [0, 0.1) is 0 Å². The second-order valence-corrected chi connectivity index (χ2v) is 5.03.